The van der Waals surface area contributed by atoms with Gasteiger partial charge < -0.3 is 23.5 Å². The average Bonchev–Trinajstić information content (AvgIpc) is 3.84. The van der Waals surface area contributed by atoms with Gasteiger partial charge in [-0.1, -0.05) is 78.9 Å². The molecule has 3 aliphatic carbocycles. The number of hydrogen-bond acceptors (Lipinski definition) is 3. The van der Waals surface area contributed by atoms with E-state index in [0.717, 1.165) is 58.2 Å². The van der Waals surface area contributed by atoms with Crippen molar-refractivity contribution in [2.75, 3.05) is 4.90 Å². The van der Waals surface area contributed by atoms with Crippen LogP contribution in [0.3, 0.4) is 0 Å². The van der Waals surface area contributed by atoms with Gasteiger partial charge in [0.1, 0.15) is 23.0 Å². The second-order valence-electron chi connectivity index (χ2n) is 15.9. The summed E-state index contributed by atoms with van der Waals surface area (Å²) in [6.07, 6.45) is 15.3. The van der Waals surface area contributed by atoms with Crippen molar-refractivity contribution < 1.29 is 9.47 Å². The van der Waals surface area contributed by atoms with E-state index in [4.69, 9.17) is 9.47 Å². The quantitative estimate of drug-likeness (QED) is 0.172. The summed E-state index contributed by atoms with van der Waals surface area (Å²) >= 11 is 0. The Kier molecular flexibility index (Phi) is 5.29. The molecule has 0 saturated heterocycles. The monoisotopic (exact) mass is 705 g/mol. The zero-order valence-corrected chi connectivity index (χ0v) is 29.9. The maximum atomic E-state index is 7.09. The number of aryl methyl sites for hydroxylation is 1. The molecule has 0 bridgehead atoms. The van der Waals surface area contributed by atoms with Gasteiger partial charge in [0.25, 0.3) is 6.71 Å². The van der Waals surface area contributed by atoms with E-state index in [-0.39, 0.29) is 6.71 Å². The van der Waals surface area contributed by atoms with Crippen molar-refractivity contribution in [2.24, 2.45) is 11.8 Å². The Morgan fingerprint density at radius 1 is 0.582 bits per heavy atom. The molecule has 8 aromatic rings. The third kappa shape index (κ3) is 3.60. The molecular formula is C49H32BN3O2. The van der Waals surface area contributed by atoms with Crippen LogP contribution in [0.1, 0.15) is 24.1 Å². The van der Waals surface area contributed by atoms with Crippen molar-refractivity contribution in [1.29, 1.82) is 0 Å². The van der Waals surface area contributed by atoms with Crippen LogP contribution in [0.15, 0.2) is 145 Å². The van der Waals surface area contributed by atoms with E-state index in [1.807, 2.05) is 0 Å². The van der Waals surface area contributed by atoms with Gasteiger partial charge in [0.05, 0.1) is 27.9 Å². The van der Waals surface area contributed by atoms with Crippen LogP contribution in [-0.4, -0.2) is 15.8 Å². The van der Waals surface area contributed by atoms with Crippen molar-refractivity contribution in [2.45, 2.75) is 19.3 Å². The van der Waals surface area contributed by atoms with Crippen molar-refractivity contribution in [3.63, 3.8) is 0 Å². The standard InChI is InChI=1S/C49H32BN3O2/c1-3-12-30(13-4-1)51-35-18-9-7-16-33(35)43-37(51)26-41-46-48(43)53(32-23-22-28-24-29(28)25-32)49-44-34-17-8-10-19-36(34)52(31-14-5-2-6-15-31)38(44)27-42-47(49)50(46)45-39(54-41)20-11-21-40(45)55-42/h1-7,9-16,18-23,25-29H,8,17,24H2. The maximum absolute atomic E-state index is 7.09. The number of nitrogens with zero attached hydrogens (tertiary/aromatic N) is 3. The molecule has 0 radical (unpaired) electrons. The smallest absolute Gasteiger partial charge is 0.266 e. The van der Waals surface area contributed by atoms with E-state index in [9.17, 15) is 0 Å². The maximum Gasteiger partial charge on any atom is 0.266 e. The molecule has 2 aromatic heterocycles. The average molecular weight is 706 g/mol. The van der Waals surface area contributed by atoms with Gasteiger partial charge in [0, 0.05) is 56.5 Å². The zero-order valence-electron chi connectivity index (χ0n) is 29.9. The molecule has 2 unspecified atom stereocenters. The van der Waals surface area contributed by atoms with Crippen molar-refractivity contribution in [3.05, 3.63) is 157 Å². The molecule has 1 fully saturated rings. The van der Waals surface area contributed by atoms with E-state index < -0.39 is 0 Å². The molecule has 14 rings (SSSR count). The highest BCUT2D eigenvalue weighted by Gasteiger charge is 2.51. The summed E-state index contributed by atoms with van der Waals surface area (Å²) in [6, 6.07) is 41.5. The van der Waals surface area contributed by atoms with Gasteiger partial charge in [0.15, 0.2) is 0 Å². The molecule has 258 valence electrons. The number of anilines is 2. The molecule has 1 saturated carbocycles. The summed E-state index contributed by atoms with van der Waals surface area (Å²) in [5, 5.41) is 3.81. The van der Waals surface area contributed by atoms with Gasteiger partial charge >= 0.3 is 0 Å². The van der Waals surface area contributed by atoms with Crippen LogP contribution in [0.4, 0.5) is 11.4 Å². The van der Waals surface area contributed by atoms with Crippen LogP contribution < -0.4 is 30.8 Å². The summed E-state index contributed by atoms with van der Waals surface area (Å²) in [7, 11) is 0. The summed E-state index contributed by atoms with van der Waals surface area (Å²) in [5.41, 5.74) is 15.8. The fourth-order valence-electron chi connectivity index (χ4n) is 10.7. The van der Waals surface area contributed by atoms with Crippen molar-refractivity contribution in [3.8, 4) is 34.4 Å². The first-order chi connectivity index (χ1) is 27.3. The number of para-hydroxylation sites is 3. The van der Waals surface area contributed by atoms with Gasteiger partial charge in [-0.05, 0) is 102 Å². The van der Waals surface area contributed by atoms with Crippen LogP contribution in [0.2, 0.25) is 0 Å². The second kappa shape index (κ2) is 10.1. The Morgan fingerprint density at radius 3 is 2.00 bits per heavy atom. The normalized spacial score (nSPS) is 18.9. The zero-order chi connectivity index (χ0) is 35.5. The topological polar surface area (TPSA) is 31.6 Å². The number of aromatic nitrogens is 2. The first kappa shape index (κ1) is 28.8. The predicted octanol–water partition coefficient (Wildman–Crippen LogP) is 9.96. The summed E-state index contributed by atoms with van der Waals surface area (Å²) in [4.78, 5) is 2.64. The number of rotatable bonds is 3. The minimum Gasteiger partial charge on any atom is -0.458 e. The van der Waals surface area contributed by atoms with Crippen LogP contribution in [0, 0.1) is 11.8 Å². The molecule has 3 aliphatic heterocycles. The van der Waals surface area contributed by atoms with E-state index in [1.54, 1.807) is 0 Å². The molecule has 55 heavy (non-hydrogen) atoms. The number of benzene rings is 6. The molecular weight excluding hydrogens is 673 g/mol. The minimum atomic E-state index is -0.0516. The molecule has 0 spiro atoms. The third-order valence-electron chi connectivity index (χ3n) is 13.0. The first-order valence-corrected chi connectivity index (χ1v) is 19.6. The SMILES string of the molecule is C1=Cc2c(c3c4c5c(cc3n2-c2ccccc2)Oc2cccc3c2B5c2c(cc5c(c2N4C2=CC4CC4C=C2)c2ccccc2n5-c2ccccc2)O3)CC1. The Morgan fingerprint density at radius 2 is 1.25 bits per heavy atom. The van der Waals surface area contributed by atoms with Crippen LogP contribution in [0.25, 0.3) is 50.2 Å². The lowest BCUT2D eigenvalue weighted by Gasteiger charge is -2.44. The molecule has 0 N–H and O–H groups in total. The Hall–Kier alpha value is -6.66. The first-order valence-electron chi connectivity index (χ1n) is 19.6. The van der Waals surface area contributed by atoms with E-state index >= 15 is 0 Å². The highest BCUT2D eigenvalue weighted by Crippen LogP contribution is 2.55. The van der Waals surface area contributed by atoms with Gasteiger partial charge in [-0.2, -0.15) is 0 Å². The van der Waals surface area contributed by atoms with Crippen LogP contribution in [0.5, 0.6) is 23.0 Å². The molecule has 2 atom stereocenters. The van der Waals surface area contributed by atoms with Crippen molar-refractivity contribution >= 4 is 73.3 Å². The molecule has 0 amide bonds. The van der Waals surface area contributed by atoms with Crippen LogP contribution >= 0.6 is 0 Å². The highest BCUT2D eigenvalue weighted by molar-refractivity contribution is 7.01. The second-order valence-corrected chi connectivity index (χ2v) is 15.9. The van der Waals surface area contributed by atoms with E-state index in [2.05, 4.69) is 160 Å². The van der Waals surface area contributed by atoms with Gasteiger partial charge in [0.2, 0.25) is 0 Å². The molecule has 5 heterocycles. The fraction of sp³-hybridized carbons (Fsp3) is 0.102. The minimum absolute atomic E-state index is 0.0516. The fourth-order valence-corrected chi connectivity index (χ4v) is 10.7. The lowest BCUT2D eigenvalue weighted by atomic mass is 9.33. The number of fused-ring (bicyclic) bond motifs is 9. The lowest BCUT2D eigenvalue weighted by Crippen LogP contribution is -2.62. The number of allylic oxidation sites excluding steroid dienone is 4. The number of hydrogen-bond donors (Lipinski definition) is 0. The van der Waals surface area contributed by atoms with E-state index in [0.29, 0.717) is 11.8 Å². The Balaban J connectivity index is 1.22. The third-order valence-corrected chi connectivity index (χ3v) is 13.0. The number of ether oxygens (including phenoxy) is 2. The summed E-state index contributed by atoms with van der Waals surface area (Å²) < 4.78 is 19.1. The lowest BCUT2D eigenvalue weighted by molar-refractivity contribution is 0.465. The summed E-state index contributed by atoms with van der Waals surface area (Å²) in [6.45, 7) is -0.0516. The predicted molar refractivity (Wildman–Crippen MR) is 224 cm³/mol. The molecule has 6 aliphatic rings. The molecule has 6 heteroatoms. The molecule has 5 nitrogen and oxygen atoms in total. The Bertz CT molecular complexity index is 3150. The largest absolute Gasteiger partial charge is 0.458 e. The molecule has 6 aromatic carbocycles. The van der Waals surface area contributed by atoms with Crippen molar-refractivity contribution in [1.82, 2.24) is 9.13 Å². The van der Waals surface area contributed by atoms with E-state index in [1.165, 1.54) is 72.9 Å². The van der Waals surface area contributed by atoms with Gasteiger partial charge in [-0.25, -0.2) is 0 Å². The van der Waals surface area contributed by atoms with Crippen LogP contribution in [-0.2, 0) is 6.42 Å². The Labute approximate surface area is 317 Å². The summed E-state index contributed by atoms with van der Waals surface area (Å²) in [5.74, 6) is 4.77. The van der Waals surface area contributed by atoms with Gasteiger partial charge in [-0.3, -0.25) is 0 Å². The highest BCUT2D eigenvalue weighted by atomic mass is 16.5. The van der Waals surface area contributed by atoms with Gasteiger partial charge in [-0.15, -0.1) is 0 Å².